The molecule has 0 aromatic rings. The summed E-state index contributed by atoms with van der Waals surface area (Å²) < 4.78 is 5.05. The van der Waals surface area contributed by atoms with E-state index in [1.54, 1.807) is 0 Å². The summed E-state index contributed by atoms with van der Waals surface area (Å²) in [5.74, 6) is 0.0823. The predicted octanol–water partition coefficient (Wildman–Crippen LogP) is 2.13. The number of unbranched alkanes of at least 4 members (excludes halogenated alkanes) is 3. The molecule has 0 aromatic carbocycles. The van der Waals surface area contributed by atoms with Crippen LogP contribution < -0.4 is 11.1 Å². The Hall–Kier alpha value is -1.10. The van der Waals surface area contributed by atoms with Gasteiger partial charge in [-0.3, -0.25) is 9.59 Å². The highest BCUT2D eigenvalue weighted by molar-refractivity contribution is 5.76. The maximum atomic E-state index is 11.8. The van der Waals surface area contributed by atoms with E-state index in [4.69, 9.17) is 10.5 Å². The standard InChI is InChI=1S/C16H30N2O3/c1-2-21-16(20)13-8-10-14(11-9-13)18-15(19)7-5-3-4-6-12-17/h13-14H,2-12,17H2,1H3,(H,18,19). The van der Waals surface area contributed by atoms with Crippen LogP contribution in [0.2, 0.25) is 0 Å². The molecule has 1 rings (SSSR count). The normalized spacial score (nSPS) is 21.8. The lowest BCUT2D eigenvalue weighted by molar-refractivity contribution is -0.149. The van der Waals surface area contributed by atoms with Crippen LogP contribution in [0.15, 0.2) is 0 Å². The average Bonchev–Trinajstić information content (AvgIpc) is 2.48. The molecule has 1 aliphatic rings. The van der Waals surface area contributed by atoms with Gasteiger partial charge in [-0.2, -0.15) is 0 Å². The SMILES string of the molecule is CCOC(=O)C1CCC(NC(=O)CCCCCCN)CC1. The van der Waals surface area contributed by atoms with E-state index in [0.717, 1.165) is 57.9 Å². The van der Waals surface area contributed by atoms with Crippen LogP contribution >= 0.6 is 0 Å². The van der Waals surface area contributed by atoms with Gasteiger partial charge in [0.1, 0.15) is 0 Å². The van der Waals surface area contributed by atoms with E-state index in [-0.39, 0.29) is 23.8 Å². The number of carbonyl (C=O) groups is 2. The van der Waals surface area contributed by atoms with Gasteiger partial charge in [0.05, 0.1) is 12.5 Å². The molecule has 122 valence electrons. The summed E-state index contributed by atoms with van der Waals surface area (Å²) in [4.78, 5) is 23.5. The molecule has 0 heterocycles. The summed E-state index contributed by atoms with van der Waals surface area (Å²) in [5.41, 5.74) is 5.43. The van der Waals surface area contributed by atoms with Gasteiger partial charge in [0.15, 0.2) is 0 Å². The van der Waals surface area contributed by atoms with Crippen molar-refractivity contribution >= 4 is 11.9 Å². The van der Waals surface area contributed by atoms with Crippen molar-refractivity contribution in [3.05, 3.63) is 0 Å². The summed E-state index contributed by atoms with van der Waals surface area (Å²) in [6.07, 6.45) is 8.14. The molecule has 5 nitrogen and oxygen atoms in total. The predicted molar refractivity (Wildman–Crippen MR) is 82.7 cm³/mol. The Balaban J connectivity index is 2.11. The fourth-order valence-corrected chi connectivity index (χ4v) is 2.82. The Bertz CT molecular complexity index is 313. The molecule has 1 amide bonds. The second-order valence-electron chi connectivity index (χ2n) is 5.82. The van der Waals surface area contributed by atoms with Crippen LogP contribution in [0.25, 0.3) is 0 Å². The van der Waals surface area contributed by atoms with Crippen LogP contribution in [0.4, 0.5) is 0 Å². The number of nitrogens with one attached hydrogen (secondary N) is 1. The van der Waals surface area contributed by atoms with Crippen molar-refractivity contribution < 1.29 is 14.3 Å². The zero-order valence-corrected chi connectivity index (χ0v) is 13.2. The molecule has 0 radical (unpaired) electrons. The third-order valence-electron chi connectivity index (χ3n) is 4.07. The van der Waals surface area contributed by atoms with Crippen molar-refractivity contribution in [3.63, 3.8) is 0 Å². The largest absolute Gasteiger partial charge is 0.466 e. The van der Waals surface area contributed by atoms with Crippen molar-refractivity contribution in [3.8, 4) is 0 Å². The molecule has 0 bridgehead atoms. The van der Waals surface area contributed by atoms with Gasteiger partial charge in [0, 0.05) is 12.5 Å². The van der Waals surface area contributed by atoms with Gasteiger partial charge in [0.2, 0.25) is 5.91 Å². The number of ether oxygens (including phenoxy) is 1. The second kappa shape index (κ2) is 10.6. The van der Waals surface area contributed by atoms with Crippen molar-refractivity contribution in [2.24, 2.45) is 11.7 Å². The van der Waals surface area contributed by atoms with E-state index >= 15 is 0 Å². The van der Waals surface area contributed by atoms with Crippen LogP contribution in [-0.2, 0) is 14.3 Å². The number of hydrogen-bond acceptors (Lipinski definition) is 4. The van der Waals surface area contributed by atoms with E-state index in [2.05, 4.69) is 5.32 Å². The molecule has 5 heteroatoms. The molecule has 0 saturated heterocycles. The van der Waals surface area contributed by atoms with E-state index in [0.29, 0.717) is 13.0 Å². The minimum Gasteiger partial charge on any atom is -0.466 e. The van der Waals surface area contributed by atoms with Gasteiger partial charge >= 0.3 is 5.97 Å². The highest BCUT2D eigenvalue weighted by Crippen LogP contribution is 2.25. The number of rotatable bonds is 9. The minimum absolute atomic E-state index is 0.0226. The molecule has 1 fully saturated rings. The first-order valence-corrected chi connectivity index (χ1v) is 8.33. The molecule has 21 heavy (non-hydrogen) atoms. The lowest BCUT2D eigenvalue weighted by Gasteiger charge is -2.27. The van der Waals surface area contributed by atoms with Crippen molar-refractivity contribution in [1.82, 2.24) is 5.32 Å². The summed E-state index contributed by atoms with van der Waals surface area (Å²) in [7, 11) is 0. The Kier molecular flexibility index (Phi) is 9.06. The Labute approximate surface area is 128 Å². The van der Waals surface area contributed by atoms with Gasteiger partial charge in [0.25, 0.3) is 0 Å². The molecule has 1 aliphatic carbocycles. The molecule has 1 saturated carbocycles. The molecule has 3 N–H and O–H groups in total. The number of hydrogen-bond donors (Lipinski definition) is 2. The van der Waals surface area contributed by atoms with Crippen LogP contribution in [0.1, 0.15) is 64.7 Å². The molecule has 0 spiro atoms. The van der Waals surface area contributed by atoms with Gasteiger partial charge < -0.3 is 15.8 Å². The first kappa shape index (κ1) is 18.0. The van der Waals surface area contributed by atoms with Gasteiger partial charge in [-0.15, -0.1) is 0 Å². The monoisotopic (exact) mass is 298 g/mol. The van der Waals surface area contributed by atoms with Crippen LogP contribution in [0, 0.1) is 5.92 Å². The van der Waals surface area contributed by atoms with E-state index in [1.807, 2.05) is 6.92 Å². The maximum Gasteiger partial charge on any atom is 0.308 e. The molecule has 0 aliphatic heterocycles. The van der Waals surface area contributed by atoms with Crippen molar-refractivity contribution in [2.75, 3.05) is 13.2 Å². The second-order valence-corrected chi connectivity index (χ2v) is 5.82. The van der Waals surface area contributed by atoms with Crippen molar-refractivity contribution in [2.45, 2.75) is 70.8 Å². The highest BCUT2D eigenvalue weighted by atomic mass is 16.5. The minimum atomic E-state index is -0.0813. The molecular weight excluding hydrogens is 268 g/mol. The molecule has 0 unspecified atom stereocenters. The Morgan fingerprint density at radius 3 is 2.38 bits per heavy atom. The van der Waals surface area contributed by atoms with Crippen LogP contribution in [0.5, 0.6) is 0 Å². The lowest BCUT2D eigenvalue weighted by Crippen LogP contribution is -2.38. The molecule has 0 atom stereocenters. The fraction of sp³-hybridized carbons (Fsp3) is 0.875. The van der Waals surface area contributed by atoms with Crippen molar-refractivity contribution in [1.29, 1.82) is 0 Å². The first-order valence-electron chi connectivity index (χ1n) is 8.33. The third kappa shape index (κ3) is 7.46. The number of amides is 1. The molecule has 0 aromatic heterocycles. The van der Waals surface area contributed by atoms with Gasteiger partial charge in [-0.05, 0) is 52.0 Å². The topological polar surface area (TPSA) is 81.4 Å². The summed E-state index contributed by atoms with van der Waals surface area (Å²) in [6, 6.07) is 0.229. The Morgan fingerprint density at radius 1 is 1.10 bits per heavy atom. The van der Waals surface area contributed by atoms with E-state index in [1.165, 1.54) is 0 Å². The van der Waals surface area contributed by atoms with E-state index < -0.39 is 0 Å². The third-order valence-corrected chi connectivity index (χ3v) is 4.07. The summed E-state index contributed by atoms with van der Waals surface area (Å²) >= 11 is 0. The summed E-state index contributed by atoms with van der Waals surface area (Å²) in [5, 5.41) is 3.09. The average molecular weight is 298 g/mol. The summed E-state index contributed by atoms with van der Waals surface area (Å²) in [6.45, 7) is 3.01. The van der Waals surface area contributed by atoms with Gasteiger partial charge in [-0.1, -0.05) is 12.8 Å². The molecular formula is C16H30N2O3. The Morgan fingerprint density at radius 2 is 1.76 bits per heavy atom. The smallest absolute Gasteiger partial charge is 0.308 e. The van der Waals surface area contributed by atoms with Gasteiger partial charge in [-0.25, -0.2) is 0 Å². The highest BCUT2D eigenvalue weighted by Gasteiger charge is 2.27. The number of carbonyl (C=O) groups excluding carboxylic acids is 2. The first-order chi connectivity index (χ1) is 10.2. The van der Waals surface area contributed by atoms with Crippen LogP contribution in [-0.4, -0.2) is 31.1 Å². The maximum absolute atomic E-state index is 11.8. The van der Waals surface area contributed by atoms with E-state index in [9.17, 15) is 9.59 Å². The number of esters is 1. The zero-order valence-electron chi connectivity index (χ0n) is 13.2. The van der Waals surface area contributed by atoms with Crippen LogP contribution in [0.3, 0.4) is 0 Å². The number of nitrogens with two attached hydrogens (primary N) is 1. The lowest BCUT2D eigenvalue weighted by atomic mass is 9.86. The zero-order chi connectivity index (χ0) is 15.5. The fourth-order valence-electron chi connectivity index (χ4n) is 2.82. The quantitative estimate of drug-likeness (QED) is 0.505.